The highest BCUT2D eigenvalue weighted by molar-refractivity contribution is 7.99. The third kappa shape index (κ3) is 3.24. The maximum atomic E-state index is 5.95. The van der Waals surface area contributed by atoms with Crippen LogP contribution in [-0.4, -0.2) is 45.8 Å². The van der Waals surface area contributed by atoms with E-state index in [1.165, 1.54) is 23.5 Å². The number of thioether (sulfide) groups is 1. The van der Waals surface area contributed by atoms with E-state index < -0.39 is 0 Å². The van der Waals surface area contributed by atoms with Crippen molar-refractivity contribution >= 4 is 11.8 Å². The molecule has 1 aromatic rings. The minimum Gasteiger partial charge on any atom is -0.329 e. The molecule has 1 fully saturated rings. The lowest BCUT2D eigenvalue weighted by atomic mass is 10.1. The number of hydrogen-bond acceptors (Lipinski definition) is 4. The normalized spacial score (nSPS) is 20.1. The van der Waals surface area contributed by atoms with Crippen molar-refractivity contribution in [3.63, 3.8) is 0 Å². The Bertz CT molecular complexity index is 331. The zero-order valence-electron chi connectivity index (χ0n) is 10.5. The van der Waals surface area contributed by atoms with Crippen LogP contribution in [0.3, 0.4) is 0 Å². The molecule has 0 bridgehead atoms. The fraction of sp³-hybridized carbons (Fsp3) is 0.750. The molecule has 0 spiro atoms. The van der Waals surface area contributed by atoms with Crippen LogP contribution in [0.5, 0.6) is 0 Å². The van der Waals surface area contributed by atoms with Crippen LogP contribution in [0.25, 0.3) is 0 Å². The van der Waals surface area contributed by atoms with Crippen molar-refractivity contribution in [3.8, 4) is 0 Å². The van der Waals surface area contributed by atoms with Crippen molar-refractivity contribution in [1.82, 2.24) is 14.7 Å². The molecule has 0 amide bonds. The number of aryl methyl sites for hydroxylation is 1. The summed E-state index contributed by atoms with van der Waals surface area (Å²) in [6, 6.07) is 0.342. The molecule has 0 radical (unpaired) electrons. The molecule has 4 nitrogen and oxygen atoms in total. The second-order valence-electron chi connectivity index (χ2n) is 4.38. The fourth-order valence-electron chi connectivity index (χ4n) is 2.30. The van der Waals surface area contributed by atoms with Crippen LogP contribution in [0.4, 0.5) is 0 Å². The van der Waals surface area contributed by atoms with E-state index in [9.17, 15) is 0 Å². The Morgan fingerprint density at radius 3 is 3.06 bits per heavy atom. The Morgan fingerprint density at radius 2 is 2.35 bits per heavy atom. The topological polar surface area (TPSA) is 47.1 Å². The quantitative estimate of drug-likeness (QED) is 0.881. The van der Waals surface area contributed by atoms with Crippen molar-refractivity contribution < 1.29 is 0 Å². The number of rotatable bonds is 4. The molecule has 0 aromatic carbocycles. The molecule has 2 heterocycles. The van der Waals surface area contributed by atoms with Crippen LogP contribution in [0, 0.1) is 0 Å². The van der Waals surface area contributed by atoms with Crippen molar-refractivity contribution in [2.45, 2.75) is 25.9 Å². The summed E-state index contributed by atoms with van der Waals surface area (Å²) in [6.07, 6.45) is 5.37. The standard InChI is InChI=1S/C12H22N4S/c1-2-16-10-11(9-14-16)12(8-13)15-4-3-6-17-7-5-15/h9-10,12H,2-8,13H2,1H3. The Labute approximate surface area is 108 Å². The zero-order valence-corrected chi connectivity index (χ0v) is 11.3. The van der Waals surface area contributed by atoms with Crippen molar-refractivity contribution in [3.05, 3.63) is 18.0 Å². The van der Waals surface area contributed by atoms with Crippen LogP contribution >= 0.6 is 11.8 Å². The van der Waals surface area contributed by atoms with Crippen LogP contribution in [-0.2, 0) is 6.54 Å². The predicted octanol–water partition coefficient (Wildman–Crippen LogP) is 1.34. The monoisotopic (exact) mass is 254 g/mol. The smallest absolute Gasteiger partial charge is 0.0538 e. The lowest BCUT2D eigenvalue weighted by molar-refractivity contribution is 0.218. The van der Waals surface area contributed by atoms with E-state index in [0.29, 0.717) is 12.6 Å². The first-order chi connectivity index (χ1) is 8.35. The van der Waals surface area contributed by atoms with Crippen LogP contribution in [0.1, 0.15) is 24.9 Å². The van der Waals surface area contributed by atoms with Gasteiger partial charge in [0.15, 0.2) is 0 Å². The van der Waals surface area contributed by atoms with Crippen LogP contribution in [0.15, 0.2) is 12.4 Å². The zero-order chi connectivity index (χ0) is 12.1. The molecule has 1 aliphatic rings. The summed E-state index contributed by atoms with van der Waals surface area (Å²) in [5, 5.41) is 4.35. The van der Waals surface area contributed by atoms with Gasteiger partial charge >= 0.3 is 0 Å². The second kappa shape index (κ2) is 6.42. The molecular weight excluding hydrogens is 232 g/mol. The molecule has 2 rings (SSSR count). The third-order valence-electron chi connectivity index (χ3n) is 3.28. The van der Waals surface area contributed by atoms with Gasteiger partial charge in [-0.3, -0.25) is 9.58 Å². The molecule has 5 heteroatoms. The van der Waals surface area contributed by atoms with Gasteiger partial charge in [0.25, 0.3) is 0 Å². The Balaban J connectivity index is 2.08. The number of aromatic nitrogens is 2. The minimum atomic E-state index is 0.342. The molecule has 2 N–H and O–H groups in total. The number of hydrogen-bond donors (Lipinski definition) is 1. The summed E-state index contributed by atoms with van der Waals surface area (Å²) in [7, 11) is 0. The summed E-state index contributed by atoms with van der Waals surface area (Å²) in [6.45, 7) is 6.01. The summed E-state index contributed by atoms with van der Waals surface area (Å²) < 4.78 is 1.98. The highest BCUT2D eigenvalue weighted by atomic mass is 32.2. The molecule has 0 saturated carbocycles. The SMILES string of the molecule is CCn1cc(C(CN)N2CCCSCC2)cn1. The first-order valence-electron chi connectivity index (χ1n) is 6.39. The largest absolute Gasteiger partial charge is 0.329 e. The first-order valence-corrected chi connectivity index (χ1v) is 7.54. The van der Waals surface area contributed by atoms with Gasteiger partial charge < -0.3 is 5.73 Å². The highest BCUT2D eigenvalue weighted by Gasteiger charge is 2.21. The van der Waals surface area contributed by atoms with E-state index in [-0.39, 0.29) is 0 Å². The highest BCUT2D eigenvalue weighted by Crippen LogP contribution is 2.22. The average Bonchev–Trinajstić information content (AvgIpc) is 2.66. The van der Waals surface area contributed by atoms with Gasteiger partial charge in [0, 0.05) is 37.1 Å². The van der Waals surface area contributed by atoms with Crippen LogP contribution in [0.2, 0.25) is 0 Å². The van der Waals surface area contributed by atoms with E-state index in [2.05, 4.69) is 23.1 Å². The average molecular weight is 254 g/mol. The number of nitrogens with two attached hydrogens (primary N) is 1. The second-order valence-corrected chi connectivity index (χ2v) is 5.61. The predicted molar refractivity (Wildman–Crippen MR) is 73.2 cm³/mol. The molecule has 96 valence electrons. The van der Waals surface area contributed by atoms with Crippen molar-refractivity contribution in [2.75, 3.05) is 31.1 Å². The van der Waals surface area contributed by atoms with Gasteiger partial charge in [-0.25, -0.2) is 0 Å². The van der Waals surface area contributed by atoms with Gasteiger partial charge in [-0.2, -0.15) is 16.9 Å². The maximum Gasteiger partial charge on any atom is 0.0538 e. The number of nitrogens with zero attached hydrogens (tertiary/aromatic N) is 3. The van der Waals surface area contributed by atoms with E-state index in [1.807, 2.05) is 22.6 Å². The molecule has 1 unspecified atom stereocenters. The van der Waals surface area contributed by atoms with E-state index in [4.69, 9.17) is 5.73 Å². The van der Waals surface area contributed by atoms with Gasteiger partial charge in [0.2, 0.25) is 0 Å². The first kappa shape index (κ1) is 12.9. The van der Waals surface area contributed by atoms with E-state index in [1.54, 1.807) is 0 Å². The maximum absolute atomic E-state index is 5.95. The molecule has 1 saturated heterocycles. The van der Waals surface area contributed by atoms with Crippen molar-refractivity contribution in [2.24, 2.45) is 5.73 Å². The van der Waals surface area contributed by atoms with E-state index in [0.717, 1.165) is 19.6 Å². The van der Waals surface area contributed by atoms with E-state index >= 15 is 0 Å². The Kier molecular flexibility index (Phi) is 4.88. The molecule has 1 aliphatic heterocycles. The Morgan fingerprint density at radius 1 is 1.47 bits per heavy atom. The van der Waals surface area contributed by atoms with Gasteiger partial charge in [-0.1, -0.05) is 0 Å². The minimum absolute atomic E-state index is 0.342. The molecule has 1 atom stereocenters. The molecule has 1 aromatic heterocycles. The van der Waals surface area contributed by atoms with Gasteiger partial charge in [0.1, 0.15) is 0 Å². The molecular formula is C12H22N4S. The van der Waals surface area contributed by atoms with Crippen molar-refractivity contribution in [1.29, 1.82) is 0 Å². The lowest BCUT2D eigenvalue weighted by Gasteiger charge is -2.28. The van der Waals surface area contributed by atoms with Gasteiger partial charge in [0.05, 0.1) is 12.2 Å². The van der Waals surface area contributed by atoms with Gasteiger partial charge in [-0.15, -0.1) is 0 Å². The summed E-state index contributed by atoms with van der Waals surface area (Å²) >= 11 is 2.05. The summed E-state index contributed by atoms with van der Waals surface area (Å²) in [5.41, 5.74) is 7.22. The Hall–Kier alpha value is -0.520. The van der Waals surface area contributed by atoms with Crippen LogP contribution < -0.4 is 5.73 Å². The molecule has 17 heavy (non-hydrogen) atoms. The third-order valence-corrected chi connectivity index (χ3v) is 4.33. The summed E-state index contributed by atoms with van der Waals surface area (Å²) in [4.78, 5) is 2.51. The lowest BCUT2D eigenvalue weighted by Crippen LogP contribution is -2.35. The van der Waals surface area contributed by atoms with Gasteiger partial charge in [-0.05, 0) is 25.6 Å². The fourth-order valence-corrected chi connectivity index (χ4v) is 3.20. The molecule has 0 aliphatic carbocycles. The summed E-state index contributed by atoms with van der Waals surface area (Å²) in [5.74, 6) is 2.50.